The van der Waals surface area contributed by atoms with Crippen LogP contribution in [0.25, 0.3) is 0 Å². The molecule has 1 saturated heterocycles. The van der Waals surface area contributed by atoms with E-state index in [1.807, 2.05) is 12.1 Å². The van der Waals surface area contributed by atoms with Gasteiger partial charge in [0.15, 0.2) is 5.96 Å². The standard InChI is InChI=1S/C22H31N3O2.HI/c1-3-23-22(24-13-12-20-7-5-14-26-20)25-16-19-6-4-15-27-21(19)18-10-8-17(2)9-11-18;/h5,7-11,14,19,21H,3-4,6,12-13,15-16H2,1-2H3,(H2,23,24,25);1H. The number of guanidine groups is 1. The molecule has 1 aliphatic heterocycles. The number of aryl methyl sites for hydroxylation is 1. The van der Waals surface area contributed by atoms with Gasteiger partial charge in [-0.1, -0.05) is 29.8 Å². The number of furan rings is 1. The minimum Gasteiger partial charge on any atom is -0.469 e. The van der Waals surface area contributed by atoms with Gasteiger partial charge >= 0.3 is 0 Å². The number of hydrogen-bond acceptors (Lipinski definition) is 3. The van der Waals surface area contributed by atoms with Crippen molar-refractivity contribution in [2.75, 3.05) is 26.2 Å². The molecular formula is C22H32IN3O2. The number of aliphatic imine (C=N–C) groups is 1. The molecule has 2 aromatic rings. The molecule has 0 aliphatic carbocycles. The second kappa shape index (κ2) is 12.1. The zero-order valence-electron chi connectivity index (χ0n) is 16.8. The van der Waals surface area contributed by atoms with Crippen molar-refractivity contribution < 1.29 is 9.15 Å². The second-order valence-electron chi connectivity index (χ2n) is 7.08. The fourth-order valence-electron chi connectivity index (χ4n) is 3.46. The van der Waals surface area contributed by atoms with Crippen LogP contribution < -0.4 is 10.6 Å². The summed E-state index contributed by atoms with van der Waals surface area (Å²) in [7, 11) is 0. The molecule has 2 N–H and O–H groups in total. The molecule has 2 atom stereocenters. The number of ether oxygens (including phenoxy) is 1. The van der Waals surface area contributed by atoms with E-state index in [4.69, 9.17) is 14.1 Å². The van der Waals surface area contributed by atoms with Crippen LogP contribution in [0.4, 0.5) is 0 Å². The van der Waals surface area contributed by atoms with Crippen molar-refractivity contribution in [3.8, 4) is 0 Å². The van der Waals surface area contributed by atoms with Gasteiger partial charge < -0.3 is 19.8 Å². The number of halogens is 1. The van der Waals surface area contributed by atoms with Crippen molar-refractivity contribution in [1.82, 2.24) is 10.6 Å². The molecule has 3 rings (SSSR count). The molecule has 0 radical (unpaired) electrons. The SMILES string of the molecule is CCNC(=NCC1CCCOC1c1ccc(C)cc1)NCCc1ccco1.I. The summed E-state index contributed by atoms with van der Waals surface area (Å²) in [6.07, 6.45) is 4.94. The molecule has 28 heavy (non-hydrogen) atoms. The topological polar surface area (TPSA) is 58.8 Å². The Morgan fingerprint density at radius 1 is 1.18 bits per heavy atom. The minimum atomic E-state index is 0. The first kappa shape index (κ1) is 22.7. The fraction of sp³-hybridized carbons (Fsp3) is 0.500. The molecular weight excluding hydrogens is 465 g/mol. The highest BCUT2D eigenvalue weighted by Gasteiger charge is 2.27. The number of hydrogen-bond donors (Lipinski definition) is 2. The zero-order chi connectivity index (χ0) is 18.9. The van der Waals surface area contributed by atoms with E-state index in [1.54, 1.807) is 6.26 Å². The van der Waals surface area contributed by atoms with Gasteiger partial charge in [0.2, 0.25) is 0 Å². The lowest BCUT2D eigenvalue weighted by molar-refractivity contribution is -0.0250. The van der Waals surface area contributed by atoms with Crippen LogP contribution in [-0.4, -0.2) is 32.2 Å². The molecule has 0 bridgehead atoms. The molecule has 1 aliphatic rings. The van der Waals surface area contributed by atoms with Crippen molar-refractivity contribution in [3.63, 3.8) is 0 Å². The summed E-state index contributed by atoms with van der Waals surface area (Å²) in [5.41, 5.74) is 2.54. The molecule has 6 heteroatoms. The maximum Gasteiger partial charge on any atom is 0.191 e. The number of benzene rings is 1. The maximum atomic E-state index is 6.12. The molecule has 0 spiro atoms. The van der Waals surface area contributed by atoms with Crippen molar-refractivity contribution in [2.45, 2.75) is 39.2 Å². The minimum absolute atomic E-state index is 0. The predicted octanol–water partition coefficient (Wildman–Crippen LogP) is 4.47. The summed E-state index contributed by atoms with van der Waals surface area (Å²) in [6, 6.07) is 12.6. The highest BCUT2D eigenvalue weighted by molar-refractivity contribution is 14.0. The number of nitrogens with zero attached hydrogens (tertiary/aromatic N) is 1. The van der Waals surface area contributed by atoms with Gasteiger partial charge in [0.1, 0.15) is 5.76 Å². The predicted molar refractivity (Wildman–Crippen MR) is 124 cm³/mol. The van der Waals surface area contributed by atoms with E-state index >= 15 is 0 Å². The third-order valence-corrected chi connectivity index (χ3v) is 4.92. The van der Waals surface area contributed by atoms with Crippen molar-refractivity contribution in [1.29, 1.82) is 0 Å². The third kappa shape index (κ3) is 6.81. The highest BCUT2D eigenvalue weighted by atomic mass is 127. The average Bonchev–Trinajstić information content (AvgIpc) is 3.20. The van der Waals surface area contributed by atoms with Crippen LogP contribution >= 0.6 is 24.0 Å². The maximum absolute atomic E-state index is 6.12. The molecule has 1 fully saturated rings. The lowest BCUT2D eigenvalue weighted by atomic mass is 9.89. The Morgan fingerprint density at radius 3 is 2.71 bits per heavy atom. The zero-order valence-corrected chi connectivity index (χ0v) is 19.1. The number of nitrogens with one attached hydrogen (secondary N) is 2. The van der Waals surface area contributed by atoms with E-state index in [0.29, 0.717) is 5.92 Å². The smallest absolute Gasteiger partial charge is 0.191 e. The van der Waals surface area contributed by atoms with Gasteiger partial charge in [-0.15, -0.1) is 24.0 Å². The van der Waals surface area contributed by atoms with Gasteiger partial charge in [-0.2, -0.15) is 0 Å². The van der Waals surface area contributed by atoms with Crippen molar-refractivity contribution in [2.24, 2.45) is 10.9 Å². The summed E-state index contributed by atoms with van der Waals surface area (Å²) in [5.74, 6) is 2.25. The molecule has 0 amide bonds. The summed E-state index contributed by atoms with van der Waals surface area (Å²) in [6.45, 7) is 7.43. The summed E-state index contributed by atoms with van der Waals surface area (Å²) in [4.78, 5) is 4.83. The first-order valence-electron chi connectivity index (χ1n) is 9.99. The van der Waals surface area contributed by atoms with Crippen LogP contribution in [0.2, 0.25) is 0 Å². The van der Waals surface area contributed by atoms with Gasteiger partial charge in [-0.25, -0.2) is 0 Å². The van der Waals surface area contributed by atoms with Crippen LogP contribution in [-0.2, 0) is 11.2 Å². The Kier molecular flexibility index (Phi) is 9.84. The van der Waals surface area contributed by atoms with E-state index in [9.17, 15) is 0 Å². The highest BCUT2D eigenvalue weighted by Crippen LogP contribution is 2.33. The van der Waals surface area contributed by atoms with Gasteiger partial charge in [0.25, 0.3) is 0 Å². The Bertz CT molecular complexity index is 701. The normalized spacial score (nSPS) is 19.7. The molecule has 1 aromatic carbocycles. The average molecular weight is 497 g/mol. The van der Waals surface area contributed by atoms with E-state index in [2.05, 4.69) is 48.7 Å². The quantitative estimate of drug-likeness (QED) is 0.337. The van der Waals surface area contributed by atoms with E-state index < -0.39 is 0 Å². The van der Waals surface area contributed by atoms with Crippen LogP contribution in [0.15, 0.2) is 52.1 Å². The molecule has 2 unspecified atom stereocenters. The van der Waals surface area contributed by atoms with Gasteiger partial charge in [0.05, 0.1) is 12.4 Å². The summed E-state index contributed by atoms with van der Waals surface area (Å²) in [5, 5.41) is 6.73. The van der Waals surface area contributed by atoms with Crippen LogP contribution in [0.5, 0.6) is 0 Å². The Hall–Kier alpha value is -1.54. The van der Waals surface area contributed by atoms with Crippen molar-refractivity contribution >= 4 is 29.9 Å². The largest absolute Gasteiger partial charge is 0.469 e. The second-order valence-corrected chi connectivity index (χ2v) is 7.08. The first-order chi connectivity index (χ1) is 13.3. The molecule has 154 valence electrons. The lowest BCUT2D eigenvalue weighted by Gasteiger charge is -2.31. The van der Waals surface area contributed by atoms with E-state index in [1.165, 1.54) is 11.1 Å². The summed E-state index contributed by atoms with van der Waals surface area (Å²) < 4.78 is 11.5. The Morgan fingerprint density at radius 2 is 2.00 bits per heavy atom. The third-order valence-electron chi connectivity index (χ3n) is 4.92. The Labute approximate surface area is 185 Å². The van der Waals surface area contributed by atoms with E-state index in [-0.39, 0.29) is 30.1 Å². The van der Waals surface area contributed by atoms with Crippen LogP contribution in [0.3, 0.4) is 0 Å². The van der Waals surface area contributed by atoms with Gasteiger partial charge in [-0.05, 0) is 44.4 Å². The first-order valence-corrected chi connectivity index (χ1v) is 9.99. The van der Waals surface area contributed by atoms with Gasteiger partial charge in [0, 0.05) is 38.6 Å². The van der Waals surface area contributed by atoms with E-state index in [0.717, 1.165) is 57.2 Å². The van der Waals surface area contributed by atoms with Crippen molar-refractivity contribution in [3.05, 3.63) is 59.5 Å². The van der Waals surface area contributed by atoms with Crippen LogP contribution in [0, 0.1) is 12.8 Å². The summed E-state index contributed by atoms with van der Waals surface area (Å²) >= 11 is 0. The molecule has 1 aromatic heterocycles. The van der Waals surface area contributed by atoms with Crippen LogP contribution in [0.1, 0.15) is 42.8 Å². The fourth-order valence-corrected chi connectivity index (χ4v) is 3.46. The van der Waals surface area contributed by atoms with Gasteiger partial charge in [-0.3, -0.25) is 4.99 Å². The molecule has 2 heterocycles. The lowest BCUT2D eigenvalue weighted by Crippen LogP contribution is -2.39. The Balaban J connectivity index is 0.00000280. The molecule has 0 saturated carbocycles. The monoisotopic (exact) mass is 497 g/mol. The molecule has 5 nitrogen and oxygen atoms in total. The number of rotatable bonds is 7.